The summed E-state index contributed by atoms with van der Waals surface area (Å²) in [4.78, 5) is 4.04. The van der Waals surface area contributed by atoms with Crippen molar-refractivity contribution in [3.05, 3.63) is 66.0 Å². The lowest BCUT2D eigenvalue weighted by atomic mass is 10.0. The number of hydrogen-bond acceptors (Lipinski definition) is 2. The molecule has 0 fully saturated rings. The summed E-state index contributed by atoms with van der Waals surface area (Å²) in [6.45, 7) is 0. The molecule has 0 saturated carbocycles. The lowest BCUT2D eigenvalue weighted by Gasteiger charge is -2.16. The molecule has 0 radical (unpaired) electrons. The smallest absolute Gasteiger partial charge is 0.0359 e. The van der Waals surface area contributed by atoms with Crippen molar-refractivity contribution in [3.8, 4) is 0 Å². The quantitative estimate of drug-likeness (QED) is 0.842. The zero-order chi connectivity index (χ0) is 11.2. The van der Waals surface area contributed by atoms with Gasteiger partial charge in [-0.25, -0.2) is 0 Å². The van der Waals surface area contributed by atoms with E-state index >= 15 is 0 Å². The summed E-state index contributed by atoms with van der Waals surface area (Å²) in [6, 6.07) is 15.0. The van der Waals surface area contributed by atoms with E-state index in [1.165, 1.54) is 11.1 Å². The molecular weight excluding hydrogens is 196 g/mol. The summed E-state index contributed by atoms with van der Waals surface area (Å²) in [5, 5.41) is 3.34. The predicted octanol–water partition coefficient (Wildman–Crippen LogP) is 2.58. The molecule has 2 rings (SSSR count). The van der Waals surface area contributed by atoms with Gasteiger partial charge < -0.3 is 5.32 Å². The molecule has 0 aliphatic carbocycles. The summed E-state index contributed by atoms with van der Waals surface area (Å²) < 4.78 is 0. The van der Waals surface area contributed by atoms with Crippen LogP contribution in [0.4, 0.5) is 0 Å². The highest BCUT2D eigenvalue weighted by Gasteiger charge is 2.08. The van der Waals surface area contributed by atoms with Crippen molar-refractivity contribution in [1.29, 1.82) is 0 Å². The van der Waals surface area contributed by atoms with Crippen LogP contribution in [-0.4, -0.2) is 12.0 Å². The fourth-order valence-corrected chi connectivity index (χ4v) is 1.83. The van der Waals surface area contributed by atoms with Gasteiger partial charge in [-0.1, -0.05) is 30.3 Å². The van der Waals surface area contributed by atoms with Crippen LogP contribution in [0.2, 0.25) is 0 Å². The zero-order valence-corrected chi connectivity index (χ0v) is 9.43. The van der Waals surface area contributed by atoms with Crippen molar-refractivity contribution in [1.82, 2.24) is 10.3 Å². The maximum atomic E-state index is 4.04. The molecule has 0 aliphatic heterocycles. The molecule has 0 saturated heterocycles. The monoisotopic (exact) mass is 212 g/mol. The predicted molar refractivity (Wildman–Crippen MR) is 66.2 cm³/mol. The molecule has 1 atom stereocenters. The summed E-state index contributed by atoms with van der Waals surface area (Å²) in [6.07, 6.45) is 4.68. The van der Waals surface area contributed by atoms with Crippen LogP contribution in [0.25, 0.3) is 0 Å². The second kappa shape index (κ2) is 5.42. The standard InChI is InChI=1S/C14H16N2/c1-15-14(13-7-9-16-10-8-13)11-12-5-3-2-4-6-12/h2-10,14-15H,11H2,1H3. The second-order valence-corrected chi connectivity index (χ2v) is 3.81. The van der Waals surface area contributed by atoms with Crippen LogP contribution in [0.5, 0.6) is 0 Å². The number of benzene rings is 1. The Balaban J connectivity index is 2.13. The third kappa shape index (κ3) is 2.67. The van der Waals surface area contributed by atoms with E-state index in [4.69, 9.17) is 0 Å². The molecule has 82 valence electrons. The molecule has 1 aromatic carbocycles. The molecule has 2 aromatic rings. The molecule has 0 bridgehead atoms. The summed E-state index contributed by atoms with van der Waals surface area (Å²) in [7, 11) is 1.99. The van der Waals surface area contributed by atoms with Crippen LogP contribution in [0.15, 0.2) is 54.9 Å². The highest BCUT2D eigenvalue weighted by atomic mass is 14.9. The van der Waals surface area contributed by atoms with Crippen molar-refractivity contribution in [3.63, 3.8) is 0 Å². The van der Waals surface area contributed by atoms with E-state index < -0.39 is 0 Å². The normalized spacial score (nSPS) is 12.3. The largest absolute Gasteiger partial charge is 0.313 e. The third-order valence-electron chi connectivity index (χ3n) is 2.74. The van der Waals surface area contributed by atoms with Crippen molar-refractivity contribution in [2.45, 2.75) is 12.5 Å². The molecule has 0 aliphatic rings. The minimum absolute atomic E-state index is 0.352. The highest BCUT2D eigenvalue weighted by Crippen LogP contribution is 2.16. The van der Waals surface area contributed by atoms with Crippen molar-refractivity contribution in [2.75, 3.05) is 7.05 Å². The topological polar surface area (TPSA) is 24.9 Å². The minimum Gasteiger partial charge on any atom is -0.313 e. The van der Waals surface area contributed by atoms with Gasteiger partial charge in [0, 0.05) is 18.4 Å². The summed E-state index contributed by atoms with van der Waals surface area (Å²) >= 11 is 0. The van der Waals surface area contributed by atoms with Gasteiger partial charge in [-0.05, 0) is 36.7 Å². The van der Waals surface area contributed by atoms with Gasteiger partial charge in [0.05, 0.1) is 0 Å². The Bertz CT molecular complexity index is 411. The number of nitrogens with one attached hydrogen (secondary N) is 1. The number of hydrogen-bond donors (Lipinski definition) is 1. The maximum Gasteiger partial charge on any atom is 0.0359 e. The van der Waals surface area contributed by atoms with Gasteiger partial charge in [-0.3, -0.25) is 4.98 Å². The van der Waals surface area contributed by atoms with E-state index in [2.05, 4.69) is 46.7 Å². The van der Waals surface area contributed by atoms with Gasteiger partial charge in [0.2, 0.25) is 0 Å². The van der Waals surface area contributed by atoms with Crippen molar-refractivity contribution >= 4 is 0 Å². The first-order chi connectivity index (χ1) is 7.90. The first-order valence-corrected chi connectivity index (χ1v) is 5.51. The van der Waals surface area contributed by atoms with Gasteiger partial charge in [-0.2, -0.15) is 0 Å². The van der Waals surface area contributed by atoms with Crippen LogP contribution in [-0.2, 0) is 6.42 Å². The van der Waals surface area contributed by atoms with Gasteiger partial charge in [0.1, 0.15) is 0 Å². The van der Waals surface area contributed by atoms with Crippen LogP contribution in [0, 0.1) is 0 Å². The fraction of sp³-hybridized carbons (Fsp3) is 0.214. The van der Waals surface area contributed by atoms with E-state index in [-0.39, 0.29) is 0 Å². The molecule has 1 aromatic heterocycles. The van der Waals surface area contributed by atoms with Crippen LogP contribution in [0.3, 0.4) is 0 Å². The van der Waals surface area contributed by atoms with Gasteiger partial charge in [0.15, 0.2) is 0 Å². The van der Waals surface area contributed by atoms with Crippen LogP contribution in [0.1, 0.15) is 17.2 Å². The van der Waals surface area contributed by atoms with Crippen LogP contribution < -0.4 is 5.32 Å². The molecular formula is C14H16N2. The van der Waals surface area contributed by atoms with Crippen LogP contribution >= 0.6 is 0 Å². The first-order valence-electron chi connectivity index (χ1n) is 5.51. The van der Waals surface area contributed by atoms with E-state index in [0.717, 1.165) is 6.42 Å². The van der Waals surface area contributed by atoms with Gasteiger partial charge in [-0.15, -0.1) is 0 Å². The Hall–Kier alpha value is -1.67. The highest BCUT2D eigenvalue weighted by molar-refractivity contribution is 5.21. The van der Waals surface area contributed by atoms with E-state index in [1.807, 2.05) is 25.5 Å². The molecule has 2 nitrogen and oxygen atoms in total. The van der Waals surface area contributed by atoms with E-state index in [1.54, 1.807) is 0 Å². The summed E-state index contributed by atoms with van der Waals surface area (Å²) in [5.74, 6) is 0. The Morgan fingerprint density at radius 1 is 1.06 bits per heavy atom. The Morgan fingerprint density at radius 2 is 1.75 bits per heavy atom. The number of rotatable bonds is 4. The lowest BCUT2D eigenvalue weighted by molar-refractivity contribution is 0.591. The number of pyridine rings is 1. The number of likely N-dealkylation sites (N-methyl/N-ethyl adjacent to an activating group) is 1. The molecule has 2 heteroatoms. The second-order valence-electron chi connectivity index (χ2n) is 3.81. The molecule has 1 unspecified atom stereocenters. The molecule has 1 N–H and O–H groups in total. The lowest BCUT2D eigenvalue weighted by Crippen LogP contribution is -2.18. The molecule has 0 amide bonds. The van der Waals surface area contributed by atoms with E-state index in [9.17, 15) is 0 Å². The zero-order valence-electron chi connectivity index (χ0n) is 9.43. The molecule has 16 heavy (non-hydrogen) atoms. The Kier molecular flexibility index (Phi) is 3.67. The van der Waals surface area contributed by atoms with Gasteiger partial charge in [0.25, 0.3) is 0 Å². The average Bonchev–Trinajstić information content (AvgIpc) is 2.38. The molecule has 0 spiro atoms. The molecule has 1 heterocycles. The number of nitrogens with zero attached hydrogens (tertiary/aromatic N) is 1. The van der Waals surface area contributed by atoms with Crippen molar-refractivity contribution < 1.29 is 0 Å². The van der Waals surface area contributed by atoms with E-state index in [0.29, 0.717) is 6.04 Å². The third-order valence-corrected chi connectivity index (χ3v) is 2.74. The fourth-order valence-electron chi connectivity index (χ4n) is 1.83. The SMILES string of the molecule is CNC(Cc1ccccc1)c1ccncc1. The number of aromatic nitrogens is 1. The Morgan fingerprint density at radius 3 is 2.38 bits per heavy atom. The van der Waals surface area contributed by atoms with Gasteiger partial charge >= 0.3 is 0 Å². The maximum absolute atomic E-state index is 4.04. The Labute approximate surface area is 96.4 Å². The average molecular weight is 212 g/mol. The first kappa shape index (κ1) is 10.8. The minimum atomic E-state index is 0.352. The van der Waals surface area contributed by atoms with Crippen molar-refractivity contribution in [2.24, 2.45) is 0 Å². The summed E-state index contributed by atoms with van der Waals surface area (Å²) in [5.41, 5.74) is 2.63.